The number of carboxylic acids is 1. The first-order chi connectivity index (χ1) is 20.1. The molecule has 1 unspecified atom stereocenters. The molecule has 0 aliphatic carbocycles. The summed E-state index contributed by atoms with van der Waals surface area (Å²) in [7, 11) is 0. The Kier molecular flexibility index (Phi) is 31.7. The molecule has 0 heterocycles. The second kappa shape index (κ2) is 32.9. The lowest BCUT2D eigenvalue weighted by Gasteiger charge is -2.11. The first-order valence-electron chi connectivity index (χ1n) is 17.8. The zero-order valence-electron chi connectivity index (χ0n) is 27.2. The number of unbranched alkanes of at least 4 members (excludes halogenated alkanes) is 24. The molecule has 0 fully saturated rings. The summed E-state index contributed by atoms with van der Waals surface area (Å²) in [5.41, 5.74) is 0. The van der Waals surface area contributed by atoms with Gasteiger partial charge in [0.05, 0.1) is 12.3 Å². The molecule has 4 nitrogen and oxygen atoms in total. The molecular weight excluding hydrogens is 508 g/mol. The van der Waals surface area contributed by atoms with Crippen molar-refractivity contribution < 1.29 is 19.4 Å². The molecule has 0 spiro atoms. The molecule has 0 radical (unpaired) electrons. The van der Waals surface area contributed by atoms with Gasteiger partial charge in [-0.15, -0.1) is 0 Å². The quantitative estimate of drug-likeness (QED) is 0.0479. The smallest absolute Gasteiger partial charge is 0.307 e. The van der Waals surface area contributed by atoms with E-state index in [1.54, 1.807) is 0 Å². The van der Waals surface area contributed by atoms with E-state index in [2.05, 4.69) is 25.7 Å². The van der Waals surface area contributed by atoms with Crippen LogP contribution in [0.5, 0.6) is 0 Å². The van der Waals surface area contributed by atoms with Crippen molar-refractivity contribution in [2.45, 2.75) is 187 Å². The third-order valence-electron chi connectivity index (χ3n) is 8.19. The third kappa shape index (κ3) is 31.2. The highest BCUT2D eigenvalue weighted by molar-refractivity contribution is 5.78. The van der Waals surface area contributed by atoms with Crippen molar-refractivity contribution in [1.29, 1.82) is 0 Å². The minimum absolute atomic E-state index is 0.0416. The maximum Gasteiger partial charge on any atom is 0.307 e. The number of aliphatic carboxylic acids is 1. The minimum atomic E-state index is -0.900. The molecule has 4 heteroatoms. The maximum absolute atomic E-state index is 11.6. The highest BCUT2D eigenvalue weighted by Crippen LogP contribution is 2.18. The Hall–Kier alpha value is -1.58. The van der Waals surface area contributed by atoms with Gasteiger partial charge in [0.25, 0.3) is 0 Å². The van der Waals surface area contributed by atoms with E-state index in [9.17, 15) is 14.7 Å². The van der Waals surface area contributed by atoms with Crippen LogP contribution in [0.15, 0.2) is 24.8 Å². The summed E-state index contributed by atoms with van der Waals surface area (Å²) in [6.45, 7) is 5.93. The molecule has 1 atom stereocenters. The Morgan fingerprint density at radius 1 is 0.610 bits per heavy atom. The fourth-order valence-electron chi connectivity index (χ4n) is 5.48. The zero-order chi connectivity index (χ0) is 30.1. The van der Waals surface area contributed by atoms with Gasteiger partial charge in [-0.1, -0.05) is 173 Å². The first kappa shape index (κ1) is 39.4. The fraction of sp³-hybridized carbons (Fsp3) is 0.838. The first-order valence-corrected chi connectivity index (χ1v) is 17.8. The highest BCUT2D eigenvalue weighted by atomic mass is 16.5. The van der Waals surface area contributed by atoms with Crippen LogP contribution in [0, 0.1) is 5.92 Å². The monoisotopic (exact) mass is 577 g/mol. The van der Waals surface area contributed by atoms with Crippen LogP contribution >= 0.6 is 0 Å². The molecule has 0 saturated carbocycles. The third-order valence-corrected chi connectivity index (χ3v) is 8.19. The minimum Gasteiger partial charge on any atom is -0.481 e. The normalized spacial score (nSPS) is 12.1. The molecule has 0 amide bonds. The number of carboxylic acid groups (broad SMARTS) is 1. The van der Waals surface area contributed by atoms with Crippen molar-refractivity contribution in [3.05, 3.63) is 24.8 Å². The molecule has 240 valence electrons. The van der Waals surface area contributed by atoms with E-state index < -0.39 is 17.9 Å². The summed E-state index contributed by atoms with van der Waals surface area (Å²) >= 11 is 0. The van der Waals surface area contributed by atoms with Crippen molar-refractivity contribution in [1.82, 2.24) is 0 Å². The Labute approximate surface area is 255 Å². The van der Waals surface area contributed by atoms with Crippen LogP contribution in [0.2, 0.25) is 0 Å². The number of esters is 1. The summed E-state index contributed by atoms with van der Waals surface area (Å²) in [6.07, 6.45) is 41.5. The van der Waals surface area contributed by atoms with E-state index in [4.69, 9.17) is 4.74 Å². The van der Waals surface area contributed by atoms with Crippen molar-refractivity contribution >= 4 is 11.9 Å². The molecule has 0 aromatic carbocycles. The number of hydrogen-bond acceptors (Lipinski definition) is 3. The summed E-state index contributed by atoms with van der Waals surface area (Å²) in [5.74, 6) is -1.98. The Morgan fingerprint density at radius 2 is 0.976 bits per heavy atom. The highest BCUT2D eigenvalue weighted by Gasteiger charge is 2.21. The SMILES string of the molecule is C=CCOC(=O)CC(CCCCCCCCCCCCCCCC/C=C/CCCCCCCCCCCC)C(=O)O. The lowest BCUT2D eigenvalue weighted by Crippen LogP contribution is -2.19. The van der Waals surface area contributed by atoms with E-state index >= 15 is 0 Å². The van der Waals surface area contributed by atoms with Crippen LogP contribution in [0.25, 0.3) is 0 Å². The molecule has 0 bridgehead atoms. The second-order valence-electron chi connectivity index (χ2n) is 12.2. The van der Waals surface area contributed by atoms with Crippen molar-refractivity contribution in [3.8, 4) is 0 Å². The molecule has 0 aromatic rings. The van der Waals surface area contributed by atoms with Gasteiger partial charge in [0.1, 0.15) is 6.61 Å². The van der Waals surface area contributed by atoms with Crippen LogP contribution in [0.3, 0.4) is 0 Å². The van der Waals surface area contributed by atoms with E-state index in [1.807, 2.05) is 0 Å². The van der Waals surface area contributed by atoms with E-state index in [0.29, 0.717) is 6.42 Å². The largest absolute Gasteiger partial charge is 0.481 e. The van der Waals surface area contributed by atoms with Gasteiger partial charge in [0.2, 0.25) is 0 Å². The van der Waals surface area contributed by atoms with E-state index in [0.717, 1.165) is 19.3 Å². The van der Waals surface area contributed by atoms with Crippen LogP contribution in [0.4, 0.5) is 0 Å². The van der Waals surface area contributed by atoms with Gasteiger partial charge in [-0.2, -0.15) is 0 Å². The Bertz CT molecular complexity index is 612. The van der Waals surface area contributed by atoms with E-state index in [1.165, 1.54) is 154 Å². The number of carbonyl (C=O) groups is 2. The molecule has 1 N–H and O–H groups in total. The van der Waals surface area contributed by atoms with Gasteiger partial charge >= 0.3 is 11.9 Å². The summed E-state index contributed by atoms with van der Waals surface area (Å²) in [6, 6.07) is 0. The molecule has 0 saturated heterocycles. The zero-order valence-corrected chi connectivity index (χ0v) is 27.2. The van der Waals surface area contributed by atoms with E-state index in [-0.39, 0.29) is 13.0 Å². The topological polar surface area (TPSA) is 63.6 Å². The predicted octanol–water partition coefficient (Wildman–Crippen LogP) is 11.9. The van der Waals surface area contributed by atoms with Gasteiger partial charge in [0.15, 0.2) is 0 Å². The Balaban J connectivity index is 3.31. The van der Waals surface area contributed by atoms with Gasteiger partial charge in [0, 0.05) is 0 Å². The van der Waals surface area contributed by atoms with Crippen molar-refractivity contribution in [2.24, 2.45) is 5.92 Å². The average molecular weight is 577 g/mol. The van der Waals surface area contributed by atoms with Crippen molar-refractivity contribution in [3.63, 3.8) is 0 Å². The molecule has 0 rings (SSSR count). The van der Waals surface area contributed by atoms with Gasteiger partial charge in [-0.3, -0.25) is 9.59 Å². The standard InChI is InChI=1S/C37H68O4/c1-3-5-6-7-8-9-10-11-12-13-14-15-16-17-18-19-20-21-22-23-24-25-26-27-28-29-30-31-32-35(37(39)40)34-36(38)41-33-4-2/h4,15-16,35H,2-3,5-14,17-34H2,1H3,(H,39,40)/b16-15+. The predicted molar refractivity (Wildman–Crippen MR) is 176 cm³/mol. The molecule has 0 aromatic heterocycles. The molecular formula is C37H68O4. The molecule has 0 aliphatic heterocycles. The van der Waals surface area contributed by atoms with Crippen molar-refractivity contribution in [2.75, 3.05) is 6.61 Å². The fourth-order valence-corrected chi connectivity index (χ4v) is 5.48. The van der Waals surface area contributed by atoms with Gasteiger partial charge in [-0.25, -0.2) is 0 Å². The number of allylic oxidation sites excluding steroid dienone is 2. The average Bonchev–Trinajstić information content (AvgIpc) is 2.96. The molecule has 0 aliphatic rings. The summed E-state index contributed by atoms with van der Waals surface area (Å²) in [4.78, 5) is 23.0. The molecule has 41 heavy (non-hydrogen) atoms. The maximum atomic E-state index is 11.6. The number of carbonyl (C=O) groups excluding carboxylic acids is 1. The summed E-state index contributed by atoms with van der Waals surface area (Å²) in [5, 5.41) is 9.32. The van der Waals surface area contributed by atoms with Crippen LogP contribution in [-0.4, -0.2) is 23.7 Å². The van der Waals surface area contributed by atoms with Gasteiger partial charge in [-0.05, 0) is 32.1 Å². The van der Waals surface area contributed by atoms with Crippen LogP contribution in [0.1, 0.15) is 187 Å². The van der Waals surface area contributed by atoms with Gasteiger partial charge < -0.3 is 9.84 Å². The van der Waals surface area contributed by atoms with Crippen LogP contribution < -0.4 is 0 Å². The second-order valence-corrected chi connectivity index (χ2v) is 12.2. The lowest BCUT2D eigenvalue weighted by atomic mass is 9.97. The summed E-state index contributed by atoms with van der Waals surface area (Å²) < 4.78 is 4.91. The number of rotatable bonds is 33. The Morgan fingerprint density at radius 3 is 1.34 bits per heavy atom. The number of ether oxygens (including phenoxy) is 1. The number of hydrogen-bond donors (Lipinski definition) is 1. The lowest BCUT2D eigenvalue weighted by molar-refractivity contribution is -0.151. The van der Waals surface area contributed by atoms with Crippen LogP contribution in [-0.2, 0) is 14.3 Å².